The second kappa shape index (κ2) is 7.52. The van der Waals surface area contributed by atoms with E-state index in [-0.39, 0.29) is 18.5 Å². The van der Waals surface area contributed by atoms with Crippen molar-refractivity contribution >= 4 is 18.1 Å². The minimum atomic E-state index is -0.00245. The maximum absolute atomic E-state index is 12.6. The maximum atomic E-state index is 12.6. The Bertz CT molecular complexity index is 810. The third-order valence-electron chi connectivity index (χ3n) is 5.39. The van der Waals surface area contributed by atoms with Gasteiger partial charge in [-0.3, -0.25) is 14.5 Å². The Labute approximate surface area is 153 Å². The molecule has 1 aliphatic carbocycles. The van der Waals surface area contributed by atoms with Crippen molar-refractivity contribution in [2.75, 3.05) is 0 Å². The molecule has 1 heterocycles. The molecule has 0 aliphatic heterocycles. The molecule has 1 amide bonds. The van der Waals surface area contributed by atoms with Crippen molar-refractivity contribution in [2.45, 2.75) is 52.6 Å². The van der Waals surface area contributed by atoms with E-state index in [9.17, 15) is 4.79 Å². The van der Waals surface area contributed by atoms with Crippen LogP contribution in [0.4, 0.5) is 0 Å². The number of nitrogens with one attached hydrogen (secondary N) is 2. The molecule has 2 aromatic rings. The molecule has 0 radical (unpaired) electrons. The fourth-order valence-electron chi connectivity index (χ4n) is 3.65. The third kappa shape index (κ3) is 4.00. The first-order chi connectivity index (χ1) is 12.0. The van der Waals surface area contributed by atoms with Gasteiger partial charge in [0.25, 0.3) is 0 Å². The van der Waals surface area contributed by atoms with Crippen molar-refractivity contribution in [2.24, 2.45) is 11.8 Å². The third-order valence-corrected chi connectivity index (χ3v) is 5.70. The molecular formula is C19H26N4OS. The number of H-pyrrole nitrogens is 1. The van der Waals surface area contributed by atoms with Crippen LogP contribution >= 0.6 is 12.2 Å². The van der Waals surface area contributed by atoms with Crippen molar-refractivity contribution in [3.8, 4) is 11.4 Å². The lowest BCUT2D eigenvalue weighted by atomic mass is 9.78. The van der Waals surface area contributed by atoms with Crippen LogP contribution in [0.3, 0.4) is 0 Å². The highest BCUT2D eigenvalue weighted by Crippen LogP contribution is 2.29. The second-order valence-corrected chi connectivity index (χ2v) is 7.64. The lowest BCUT2D eigenvalue weighted by Gasteiger charge is -2.34. The summed E-state index contributed by atoms with van der Waals surface area (Å²) in [5.74, 6) is 1.86. The standard InChI is InChI=1S/C19H26N4OS/c1-12-6-4-8-15(10-12)18-21-22-19(25)23(18)11-17(24)20-16-9-5-7-13(2)14(16)3/h4,6,8,10,13-14,16H,5,7,9,11H2,1-3H3,(H,20,24)(H,22,25). The van der Waals surface area contributed by atoms with Gasteiger partial charge in [0.2, 0.25) is 5.91 Å². The van der Waals surface area contributed by atoms with Gasteiger partial charge in [-0.1, -0.05) is 50.5 Å². The van der Waals surface area contributed by atoms with Crippen LogP contribution in [0.1, 0.15) is 38.7 Å². The quantitative estimate of drug-likeness (QED) is 0.816. The Morgan fingerprint density at radius 3 is 2.96 bits per heavy atom. The average Bonchev–Trinajstić information content (AvgIpc) is 2.93. The summed E-state index contributed by atoms with van der Waals surface area (Å²) >= 11 is 5.34. The van der Waals surface area contributed by atoms with Crippen molar-refractivity contribution in [1.82, 2.24) is 20.1 Å². The fraction of sp³-hybridized carbons (Fsp3) is 0.526. The highest BCUT2D eigenvalue weighted by molar-refractivity contribution is 7.71. The molecular weight excluding hydrogens is 332 g/mol. The molecule has 0 saturated heterocycles. The number of rotatable bonds is 4. The van der Waals surface area contributed by atoms with Crippen LogP contribution in [0.5, 0.6) is 0 Å². The molecule has 0 bridgehead atoms. The first-order valence-electron chi connectivity index (χ1n) is 8.97. The topological polar surface area (TPSA) is 62.7 Å². The molecule has 0 spiro atoms. The Hall–Kier alpha value is -1.95. The Morgan fingerprint density at radius 1 is 1.40 bits per heavy atom. The summed E-state index contributed by atoms with van der Waals surface area (Å²) in [5, 5.41) is 10.3. The van der Waals surface area contributed by atoms with Crippen molar-refractivity contribution in [1.29, 1.82) is 0 Å². The molecule has 5 nitrogen and oxygen atoms in total. The number of aromatic nitrogens is 3. The van der Waals surface area contributed by atoms with E-state index < -0.39 is 0 Å². The second-order valence-electron chi connectivity index (χ2n) is 7.25. The largest absolute Gasteiger partial charge is 0.352 e. The maximum Gasteiger partial charge on any atom is 0.240 e. The lowest BCUT2D eigenvalue weighted by Crippen LogP contribution is -2.44. The van der Waals surface area contributed by atoms with E-state index >= 15 is 0 Å². The van der Waals surface area contributed by atoms with Gasteiger partial charge < -0.3 is 5.32 Å². The molecule has 2 N–H and O–H groups in total. The van der Waals surface area contributed by atoms with Crippen LogP contribution in [-0.4, -0.2) is 26.7 Å². The minimum absolute atomic E-state index is 0.00245. The summed E-state index contributed by atoms with van der Waals surface area (Å²) in [6.07, 6.45) is 3.48. The predicted octanol–water partition coefficient (Wildman–Crippen LogP) is 3.86. The minimum Gasteiger partial charge on any atom is -0.352 e. The number of aryl methyl sites for hydroxylation is 1. The molecule has 134 valence electrons. The predicted molar refractivity (Wildman–Crippen MR) is 102 cm³/mol. The van der Waals surface area contributed by atoms with Gasteiger partial charge in [-0.15, -0.1) is 0 Å². The molecule has 1 saturated carbocycles. The number of aromatic amines is 1. The molecule has 1 fully saturated rings. The first-order valence-corrected chi connectivity index (χ1v) is 9.38. The molecule has 6 heteroatoms. The zero-order valence-corrected chi connectivity index (χ0v) is 15.9. The van der Waals surface area contributed by atoms with Gasteiger partial charge in [-0.25, -0.2) is 0 Å². The average molecular weight is 359 g/mol. The number of carbonyl (C=O) groups is 1. The highest BCUT2D eigenvalue weighted by atomic mass is 32.1. The molecule has 1 aromatic heterocycles. The number of nitrogens with zero attached hydrogens (tertiary/aromatic N) is 2. The molecule has 3 unspecified atom stereocenters. The number of benzene rings is 1. The number of hydrogen-bond donors (Lipinski definition) is 2. The van der Waals surface area contributed by atoms with Gasteiger partial charge in [0.1, 0.15) is 6.54 Å². The SMILES string of the molecule is Cc1cccc(-c2n[nH]c(=S)n2CC(=O)NC2CCCC(C)C2C)c1. The zero-order chi connectivity index (χ0) is 18.0. The smallest absolute Gasteiger partial charge is 0.240 e. The Kier molecular flexibility index (Phi) is 5.37. The van der Waals surface area contributed by atoms with Gasteiger partial charge >= 0.3 is 0 Å². The number of carbonyl (C=O) groups excluding carboxylic acids is 1. The van der Waals surface area contributed by atoms with Crippen LogP contribution in [-0.2, 0) is 11.3 Å². The van der Waals surface area contributed by atoms with E-state index in [1.165, 1.54) is 12.8 Å². The van der Waals surface area contributed by atoms with Crippen molar-refractivity contribution in [3.05, 3.63) is 34.6 Å². The van der Waals surface area contributed by atoms with Crippen LogP contribution in [0, 0.1) is 23.5 Å². The van der Waals surface area contributed by atoms with Crippen molar-refractivity contribution in [3.63, 3.8) is 0 Å². The summed E-state index contributed by atoms with van der Waals surface area (Å²) in [6.45, 7) is 6.73. The molecule has 25 heavy (non-hydrogen) atoms. The van der Waals surface area contributed by atoms with E-state index in [0.717, 1.165) is 17.5 Å². The van der Waals surface area contributed by atoms with Crippen molar-refractivity contribution < 1.29 is 4.79 Å². The van der Waals surface area contributed by atoms with Crippen LogP contribution in [0.25, 0.3) is 11.4 Å². The van der Waals surface area contributed by atoms with E-state index in [1.807, 2.05) is 31.2 Å². The first kappa shape index (κ1) is 17.9. The molecule has 1 aliphatic rings. The van der Waals surface area contributed by atoms with E-state index in [1.54, 1.807) is 4.57 Å². The Morgan fingerprint density at radius 2 is 2.20 bits per heavy atom. The van der Waals surface area contributed by atoms with Crippen LogP contribution < -0.4 is 5.32 Å². The summed E-state index contributed by atoms with van der Waals surface area (Å²) in [6, 6.07) is 8.30. The van der Waals surface area contributed by atoms with Crippen LogP contribution in [0.2, 0.25) is 0 Å². The highest BCUT2D eigenvalue weighted by Gasteiger charge is 2.28. The van der Waals surface area contributed by atoms with E-state index in [2.05, 4.69) is 29.4 Å². The fourth-order valence-corrected chi connectivity index (χ4v) is 3.85. The summed E-state index contributed by atoms with van der Waals surface area (Å²) in [7, 11) is 0. The number of hydrogen-bond acceptors (Lipinski definition) is 3. The van der Waals surface area contributed by atoms with E-state index in [0.29, 0.717) is 22.4 Å². The lowest BCUT2D eigenvalue weighted by molar-refractivity contribution is -0.123. The number of amides is 1. The van der Waals surface area contributed by atoms with Gasteiger partial charge in [0.05, 0.1) is 0 Å². The molecule has 1 aromatic carbocycles. The molecule has 3 rings (SSSR count). The summed E-state index contributed by atoms with van der Waals surface area (Å²) < 4.78 is 2.24. The van der Waals surface area contributed by atoms with Crippen LogP contribution in [0.15, 0.2) is 24.3 Å². The van der Waals surface area contributed by atoms with Gasteiger partial charge in [-0.2, -0.15) is 5.10 Å². The molecule has 3 atom stereocenters. The normalized spacial score (nSPS) is 23.4. The summed E-state index contributed by atoms with van der Waals surface area (Å²) in [4.78, 5) is 12.6. The van der Waals surface area contributed by atoms with Gasteiger partial charge in [0, 0.05) is 11.6 Å². The van der Waals surface area contributed by atoms with Gasteiger partial charge in [-0.05, 0) is 43.5 Å². The summed E-state index contributed by atoms with van der Waals surface area (Å²) in [5.41, 5.74) is 2.10. The monoisotopic (exact) mass is 358 g/mol. The zero-order valence-electron chi connectivity index (χ0n) is 15.1. The Balaban J connectivity index is 1.76. The van der Waals surface area contributed by atoms with E-state index in [4.69, 9.17) is 12.2 Å². The van der Waals surface area contributed by atoms with Gasteiger partial charge in [0.15, 0.2) is 10.6 Å².